The molecule has 3 heteroatoms. The third-order valence-electron chi connectivity index (χ3n) is 3.52. The van der Waals surface area contributed by atoms with Crippen molar-refractivity contribution in [1.29, 1.82) is 0 Å². The molecule has 0 saturated carbocycles. The van der Waals surface area contributed by atoms with Gasteiger partial charge in [0.05, 0.1) is 19.3 Å². The van der Waals surface area contributed by atoms with Gasteiger partial charge in [-0.2, -0.15) is 0 Å². The van der Waals surface area contributed by atoms with Gasteiger partial charge >= 0.3 is 0 Å². The molecule has 21 heavy (non-hydrogen) atoms. The lowest BCUT2D eigenvalue weighted by Crippen LogP contribution is -2.39. The van der Waals surface area contributed by atoms with Crippen LogP contribution < -0.4 is 5.32 Å². The first kappa shape index (κ1) is 15.7. The summed E-state index contributed by atoms with van der Waals surface area (Å²) in [5.74, 6) is 0. The average molecular weight is 285 g/mol. The molecule has 112 valence electrons. The summed E-state index contributed by atoms with van der Waals surface area (Å²) < 4.78 is 5.31. The zero-order valence-electron chi connectivity index (χ0n) is 12.4. The molecule has 0 fully saturated rings. The Morgan fingerprint density at radius 1 is 1.00 bits per heavy atom. The van der Waals surface area contributed by atoms with Gasteiger partial charge in [-0.1, -0.05) is 60.7 Å². The number of rotatable bonds is 8. The highest BCUT2D eigenvalue weighted by Crippen LogP contribution is 2.15. The molecule has 0 spiro atoms. The summed E-state index contributed by atoms with van der Waals surface area (Å²) in [6, 6.07) is 20.5. The normalized spacial score (nSPS) is 13.8. The topological polar surface area (TPSA) is 41.5 Å². The van der Waals surface area contributed by atoms with Crippen LogP contribution in [0.1, 0.15) is 17.2 Å². The van der Waals surface area contributed by atoms with Crippen molar-refractivity contribution in [2.24, 2.45) is 0 Å². The molecule has 0 radical (unpaired) electrons. The average Bonchev–Trinajstić information content (AvgIpc) is 2.55. The maximum absolute atomic E-state index is 9.65. The molecule has 2 atom stereocenters. The Labute approximate surface area is 126 Å². The predicted molar refractivity (Wildman–Crippen MR) is 85.2 cm³/mol. The molecule has 0 heterocycles. The number of methoxy groups -OCH3 is 1. The Morgan fingerprint density at radius 3 is 2.19 bits per heavy atom. The van der Waals surface area contributed by atoms with E-state index in [1.165, 1.54) is 11.1 Å². The molecular formula is C18H23NO2. The van der Waals surface area contributed by atoms with Gasteiger partial charge in [0.15, 0.2) is 0 Å². The largest absolute Gasteiger partial charge is 0.395 e. The molecule has 2 aromatic carbocycles. The minimum Gasteiger partial charge on any atom is -0.395 e. The van der Waals surface area contributed by atoms with Gasteiger partial charge in [-0.25, -0.2) is 0 Å². The van der Waals surface area contributed by atoms with Crippen LogP contribution in [0, 0.1) is 0 Å². The lowest BCUT2D eigenvalue weighted by molar-refractivity contribution is 0.148. The van der Waals surface area contributed by atoms with Gasteiger partial charge in [-0.15, -0.1) is 0 Å². The van der Waals surface area contributed by atoms with Crippen LogP contribution in [-0.4, -0.2) is 31.5 Å². The maximum atomic E-state index is 9.65. The fourth-order valence-electron chi connectivity index (χ4n) is 2.45. The van der Waals surface area contributed by atoms with Crippen LogP contribution >= 0.6 is 0 Å². The summed E-state index contributed by atoms with van der Waals surface area (Å²) in [4.78, 5) is 0. The standard InChI is InChI=1S/C18H23NO2/c1-21-14-18(16-10-6-3-7-11-16)19-17(13-20)12-15-8-4-2-5-9-15/h2-11,17-20H,12-14H2,1H3/t17-,18?/m1/s1. The molecular weight excluding hydrogens is 262 g/mol. The molecule has 0 aliphatic rings. The summed E-state index contributed by atoms with van der Waals surface area (Å²) in [7, 11) is 1.70. The van der Waals surface area contributed by atoms with Crippen LogP contribution in [0.3, 0.4) is 0 Å². The Balaban J connectivity index is 2.03. The molecule has 0 aliphatic carbocycles. The lowest BCUT2D eigenvalue weighted by atomic mass is 10.0. The molecule has 0 aliphatic heterocycles. The number of aliphatic hydroxyl groups excluding tert-OH is 1. The zero-order valence-corrected chi connectivity index (χ0v) is 12.4. The maximum Gasteiger partial charge on any atom is 0.0657 e. The highest BCUT2D eigenvalue weighted by molar-refractivity contribution is 5.20. The monoisotopic (exact) mass is 285 g/mol. The second-order valence-electron chi connectivity index (χ2n) is 5.15. The zero-order chi connectivity index (χ0) is 14.9. The fraction of sp³-hybridized carbons (Fsp3) is 0.333. The molecule has 1 unspecified atom stereocenters. The number of aliphatic hydroxyl groups is 1. The van der Waals surface area contributed by atoms with Crippen molar-refractivity contribution in [3.8, 4) is 0 Å². The van der Waals surface area contributed by atoms with Crippen LogP contribution in [0.25, 0.3) is 0 Å². The quantitative estimate of drug-likeness (QED) is 0.783. The van der Waals surface area contributed by atoms with E-state index in [2.05, 4.69) is 29.6 Å². The summed E-state index contributed by atoms with van der Waals surface area (Å²) in [5, 5.41) is 13.1. The van der Waals surface area contributed by atoms with Crippen LogP contribution in [0.5, 0.6) is 0 Å². The van der Waals surface area contributed by atoms with Crippen LogP contribution in [-0.2, 0) is 11.2 Å². The molecule has 2 N–H and O–H groups in total. The molecule has 3 nitrogen and oxygen atoms in total. The smallest absolute Gasteiger partial charge is 0.0657 e. The predicted octanol–water partition coefficient (Wildman–Crippen LogP) is 2.57. The van der Waals surface area contributed by atoms with Crippen molar-refractivity contribution in [2.75, 3.05) is 20.3 Å². The number of hydrogen-bond donors (Lipinski definition) is 2. The van der Waals surface area contributed by atoms with Crippen molar-refractivity contribution in [2.45, 2.75) is 18.5 Å². The van der Waals surface area contributed by atoms with Crippen LogP contribution in [0.4, 0.5) is 0 Å². The SMILES string of the molecule is COCC(N[C@@H](CO)Cc1ccccc1)c1ccccc1. The molecule has 2 aromatic rings. The van der Waals surface area contributed by atoms with E-state index < -0.39 is 0 Å². The number of hydrogen-bond acceptors (Lipinski definition) is 3. The highest BCUT2D eigenvalue weighted by atomic mass is 16.5. The Kier molecular flexibility index (Phi) is 6.41. The number of benzene rings is 2. The Bertz CT molecular complexity index is 501. The number of nitrogens with one attached hydrogen (secondary N) is 1. The van der Waals surface area contributed by atoms with Gasteiger partial charge in [0.2, 0.25) is 0 Å². The molecule has 0 aromatic heterocycles. The number of ether oxygens (including phenoxy) is 1. The minimum absolute atomic E-state index is 0.00718. The van der Waals surface area contributed by atoms with Gasteiger partial charge in [-0.3, -0.25) is 0 Å². The van der Waals surface area contributed by atoms with Crippen LogP contribution in [0.2, 0.25) is 0 Å². The van der Waals surface area contributed by atoms with Crippen molar-refractivity contribution in [3.63, 3.8) is 0 Å². The third-order valence-corrected chi connectivity index (χ3v) is 3.52. The van der Waals surface area contributed by atoms with E-state index in [0.29, 0.717) is 6.61 Å². The Morgan fingerprint density at radius 2 is 1.62 bits per heavy atom. The van der Waals surface area contributed by atoms with Gasteiger partial charge in [0.25, 0.3) is 0 Å². The molecule has 0 bridgehead atoms. The van der Waals surface area contributed by atoms with Gasteiger partial charge in [0, 0.05) is 13.2 Å². The molecule has 2 rings (SSSR count). The molecule has 0 amide bonds. The van der Waals surface area contributed by atoms with Crippen molar-refractivity contribution < 1.29 is 9.84 Å². The van der Waals surface area contributed by atoms with Gasteiger partial charge in [-0.05, 0) is 17.5 Å². The van der Waals surface area contributed by atoms with E-state index in [1.807, 2.05) is 36.4 Å². The third kappa shape index (κ3) is 4.97. The molecule has 0 saturated heterocycles. The first-order chi connectivity index (χ1) is 10.3. The fourth-order valence-corrected chi connectivity index (χ4v) is 2.45. The van der Waals surface area contributed by atoms with Crippen molar-refractivity contribution in [1.82, 2.24) is 5.32 Å². The van der Waals surface area contributed by atoms with Gasteiger partial charge in [0.1, 0.15) is 0 Å². The first-order valence-corrected chi connectivity index (χ1v) is 7.28. The van der Waals surface area contributed by atoms with E-state index in [0.717, 1.165) is 6.42 Å². The van der Waals surface area contributed by atoms with Gasteiger partial charge < -0.3 is 15.2 Å². The Hall–Kier alpha value is -1.68. The van der Waals surface area contributed by atoms with E-state index in [4.69, 9.17) is 4.74 Å². The lowest BCUT2D eigenvalue weighted by Gasteiger charge is -2.24. The van der Waals surface area contributed by atoms with Crippen LogP contribution in [0.15, 0.2) is 60.7 Å². The summed E-state index contributed by atoms with van der Waals surface area (Å²) in [6.07, 6.45) is 0.796. The van der Waals surface area contributed by atoms with Crippen molar-refractivity contribution >= 4 is 0 Å². The second-order valence-corrected chi connectivity index (χ2v) is 5.15. The second kappa shape index (κ2) is 8.57. The van der Waals surface area contributed by atoms with E-state index in [-0.39, 0.29) is 18.7 Å². The first-order valence-electron chi connectivity index (χ1n) is 7.28. The minimum atomic E-state index is 0.00718. The highest BCUT2D eigenvalue weighted by Gasteiger charge is 2.16. The summed E-state index contributed by atoms with van der Waals surface area (Å²) >= 11 is 0. The van der Waals surface area contributed by atoms with Crippen molar-refractivity contribution in [3.05, 3.63) is 71.8 Å². The van der Waals surface area contributed by atoms with E-state index in [1.54, 1.807) is 7.11 Å². The van der Waals surface area contributed by atoms with E-state index >= 15 is 0 Å². The summed E-state index contributed by atoms with van der Waals surface area (Å²) in [6.45, 7) is 0.678. The van der Waals surface area contributed by atoms with E-state index in [9.17, 15) is 5.11 Å². The summed E-state index contributed by atoms with van der Waals surface area (Å²) in [5.41, 5.74) is 2.39.